The van der Waals surface area contributed by atoms with E-state index in [0.717, 1.165) is 36.3 Å². The van der Waals surface area contributed by atoms with Crippen LogP contribution in [0.4, 0.5) is 5.69 Å². The van der Waals surface area contributed by atoms with Gasteiger partial charge in [-0.1, -0.05) is 35.9 Å². The number of ketones is 1. The Labute approximate surface area is 207 Å². The van der Waals surface area contributed by atoms with Gasteiger partial charge in [-0.05, 0) is 48.4 Å². The molecule has 0 aliphatic carbocycles. The highest BCUT2D eigenvalue weighted by Crippen LogP contribution is 2.21. The molecule has 35 heavy (non-hydrogen) atoms. The van der Waals surface area contributed by atoms with Crippen molar-refractivity contribution < 1.29 is 9.59 Å². The lowest BCUT2D eigenvalue weighted by atomic mass is 10.0. The van der Waals surface area contributed by atoms with Crippen LogP contribution < -0.4 is 10.6 Å². The Hall–Kier alpha value is -3.75. The van der Waals surface area contributed by atoms with E-state index in [1.807, 2.05) is 41.2 Å². The van der Waals surface area contributed by atoms with Crippen molar-refractivity contribution in [3.63, 3.8) is 0 Å². The number of nitrogens with zero attached hydrogens (tertiary/aromatic N) is 4. The fourth-order valence-electron chi connectivity index (χ4n) is 4.18. The van der Waals surface area contributed by atoms with Crippen LogP contribution in [0.5, 0.6) is 0 Å². The normalized spacial score (nSPS) is 15.3. The molecule has 1 unspecified atom stereocenters. The van der Waals surface area contributed by atoms with Gasteiger partial charge in [0, 0.05) is 30.9 Å². The molecule has 2 aromatic heterocycles. The van der Waals surface area contributed by atoms with Crippen LogP contribution in [0.3, 0.4) is 0 Å². The lowest BCUT2D eigenvalue weighted by Crippen LogP contribution is -2.14. The summed E-state index contributed by atoms with van der Waals surface area (Å²) in [5.41, 5.74) is 3.58. The Balaban J connectivity index is 1.23. The van der Waals surface area contributed by atoms with Gasteiger partial charge in [0.05, 0.1) is 41.3 Å². The topological polar surface area (TPSA) is 93.8 Å². The first-order valence-corrected chi connectivity index (χ1v) is 11.9. The van der Waals surface area contributed by atoms with Crippen LogP contribution >= 0.6 is 11.6 Å². The summed E-state index contributed by atoms with van der Waals surface area (Å²) in [5.74, 6) is -0.169. The van der Waals surface area contributed by atoms with Gasteiger partial charge in [-0.15, -0.1) is 0 Å². The molecule has 2 N–H and O–H groups in total. The zero-order valence-electron chi connectivity index (χ0n) is 19.0. The van der Waals surface area contributed by atoms with Gasteiger partial charge in [0.15, 0.2) is 5.78 Å². The number of Topliss-reactive ketones (excluding diaryl/α,β-unsaturated/α-hetero) is 1. The number of aromatic nitrogens is 4. The molecular weight excluding hydrogens is 464 g/mol. The minimum Gasteiger partial charge on any atom is -0.324 e. The van der Waals surface area contributed by atoms with Gasteiger partial charge in [-0.3, -0.25) is 14.3 Å². The molecular formula is C26H25ClN6O2. The first-order chi connectivity index (χ1) is 17.0. The highest BCUT2D eigenvalue weighted by atomic mass is 35.5. The number of hydrogen-bond donors (Lipinski definition) is 2. The van der Waals surface area contributed by atoms with E-state index in [1.54, 1.807) is 41.5 Å². The second-order valence-corrected chi connectivity index (χ2v) is 9.03. The van der Waals surface area contributed by atoms with Gasteiger partial charge in [0.1, 0.15) is 0 Å². The molecule has 8 nitrogen and oxygen atoms in total. The van der Waals surface area contributed by atoms with Crippen LogP contribution in [0.25, 0.3) is 5.69 Å². The van der Waals surface area contributed by atoms with E-state index in [4.69, 9.17) is 11.6 Å². The van der Waals surface area contributed by atoms with Gasteiger partial charge < -0.3 is 10.6 Å². The third kappa shape index (κ3) is 5.50. The van der Waals surface area contributed by atoms with E-state index >= 15 is 0 Å². The summed E-state index contributed by atoms with van der Waals surface area (Å²) in [5, 5.41) is 15.4. The molecule has 0 spiro atoms. The van der Waals surface area contributed by atoms with E-state index < -0.39 is 0 Å². The van der Waals surface area contributed by atoms with E-state index in [2.05, 4.69) is 20.8 Å². The molecule has 0 saturated carbocycles. The van der Waals surface area contributed by atoms with Crippen molar-refractivity contribution in [2.24, 2.45) is 0 Å². The molecule has 1 aliphatic heterocycles. The minimum absolute atomic E-state index is 0.0162. The summed E-state index contributed by atoms with van der Waals surface area (Å²) in [6.07, 6.45) is 8.66. The second kappa shape index (κ2) is 10.2. The maximum Gasteiger partial charge on any atom is 0.228 e. The highest BCUT2D eigenvalue weighted by Gasteiger charge is 2.18. The number of carbonyl (C=O) groups excluding carboxylic acids is 2. The van der Waals surface area contributed by atoms with E-state index in [9.17, 15) is 9.59 Å². The third-order valence-corrected chi connectivity index (χ3v) is 6.34. The Bertz CT molecular complexity index is 1360. The average Bonchev–Trinajstić information content (AvgIpc) is 3.63. The minimum atomic E-state index is -0.185. The maximum absolute atomic E-state index is 12.9. The number of hydrogen-bond acceptors (Lipinski definition) is 5. The fourth-order valence-corrected chi connectivity index (χ4v) is 4.36. The second-order valence-electron chi connectivity index (χ2n) is 8.62. The van der Waals surface area contributed by atoms with Crippen LogP contribution in [-0.2, 0) is 17.6 Å². The van der Waals surface area contributed by atoms with Crippen LogP contribution in [-0.4, -0.2) is 44.3 Å². The van der Waals surface area contributed by atoms with Crippen molar-refractivity contribution in [1.82, 2.24) is 24.9 Å². The molecule has 0 radical (unpaired) electrons. The van der Waals surface area contributed by atoms with Gasteiger partial charge in [0.25, 0.3) is 0 Å². The molecule has 1 atom stereocenters. The van der Waals surface area contributed by atoms with E-state index in [-0.39, 0.29) is 24.5 Å². The molecule has 9 heteroatoms. The summed E-state index contributed by atoms with van der Waals surface area (Å²) in [6, 6.07) is 14.8. The number of anilines is 1. The van der Waals surface area contributed by atoms with E-state index in [0.29, 0.717) is 22.3 Å². The quantitative estimate of drug-likeness (QED) is 0.367. The molecule has 2 aromatic carbocycles. The van der Waals surface area contributed by atoms with Crippen molar-refractivity contribution >= 4 is 29.0 Å². The third-order valence-electron chi connectivity index (χ3n) is 6.01. The largest absolute Gasteiger partial charge is 0.324 e. The van der Waals surface area contributed by atoms with E-state index in [1.165, 1.54) is 0 Å². The first kappa shape index (κ1) is 23.0. The van der Waals surface area contributed by atoms with Crippen molar-refractivity contribution in [3.05, 3.63) is 95.0 Å². The van der Waals surface area contributed by atoms with Crippen LogP contribution in [0.15, 0.2) is 73.3 Å². The molecule has 3 heterocycles. The van der Waals surface area contributed by atoms with Crippen LogP contribution in [0.2, 0.25) is 5.02 Å². The smallest absolute Gasteiger partial charge is 0.228 e. The van der Waals surface area contributed by atoms with Crippen molar-refractivity contribution in [3.8, 4) is 5.69 Å². The average molecular weight is 489 g/mol. The molecule has 1 aliphatic rings. The predicted molar refractivity (Wildman–Crippen MR) is 134 cm³/mol. The molecule has 178 valence electrons. The molecule has 1 fully saturated rings. The zero-order chi connectivity index (χ0) is 24.2. The van der Waals surface area contributed by atoms with Gasteiger partial charge >= 0.3 is 0 Å². The fraction of sp³-hybridized carbons (Fsp3) is 0.231. The first-order valence-electron chi connectivity index (χ1n) is 11.5. The van der Waals surface area contributed by atoms with Gasteiger partial charge in [0.2, 0.25) is 5.91 Å². The predicted octanol–water partition coefficient (Wildman–Crippen LogP) is 3.86. The highest BCUT2D eigenvalue weighted by molar-refractivity contribution is 6.33. The van der Waals surface area contributed by atoms with Crippen molar-refractivity contribution in [2.75, 3.05) is 18.4 Å². The van der Waals surface area contributed by atoms with Gasteiger partial charge in [-0.2, -0.15) is 10.2 Å². The summed E-state index contributed by atoms with van der Waals surface area (Å²) in [6.45, 7) is 1.90. The van der Waals surface area contributed by atoms with Crippen molar-refractivity contribution in [2.45, 2.75) is 25.3 Å². The summed E-state index contributed by atoms with van der Waals surface area (Å²) < 4.78 is 3.62. The molecule has 1 saturated heterocycles. The molecule has 0 bridgehead atoms. The Morgan fingerprint density at radius 2 is 1.86 bits per heavy atom. The molecule has 4 aromatic rings. The summed E-state index contributed by atoms with van der Waals surface area (Å²) in [7, 11) is 0. The zero-order valence-corrected chi connectivity index (χ0v) is 19.8. The van der Waals surface area contributed by atoms with Crippen LogP contribution in [0.1, 0.15) is 33.9 Å². The van der Waals surface area contributed by atoms with Crippen molar-refractivity contribution in [1.29, 1.82) is 0 Å². The Morgan fingerprint density at radius 1 is 1.03 bits per heavy atom. The lowest BCUT2D eigenvalue weighted by Gasteiger charge is -2.07. The van der Waals surface area contributed by atoms with Crippen LogP contribution in [0, 0.1) is 0 Å². The number of halogens is 1. The Kier molecular flexibility index (Phi) is 6.74. The van der Waals surface area contributed by atoms with Gasteiger partial charge in [-0.25, -0.2) is 4.68 Å². The number of benzene rings is 2. The number of carbonyl (C=O) groups is 2. The number of rotatable bonds is 8. The Morgan fingerprint density at radius 3 is 2.69 bits per heavy atom. The number of amides is 1. The molecule has 5 rings (SSSR count). The maximum atomic E-state index is 12.9. The SMILES string of the molecule is O=C(Cc1cnn(-c2cccc(C(=O)Cc3cnn(C4CCNC4)c3)c2)c1)Nc1ccccc1Cl. The molecule has 1 amide bonds. The summed E-state index contributed by atoms with van der Waals surface area (Å²) >= 11 is 6.11. The number of nitrogens with one attached hydrogen (secondary N) is 2. The lowest BCUT2D eigenvalue weighted by molar-refractivity contribution is -0.115. The monoisotopic (exact) mass is 488 g/mol. The number of para-hydroxylation sites is 1. The standard InChI is InChI=1S/C26H25ClN6O2/c27-23-6-1-2-7-24(23)31-26(35)11-19-14-29-32(17-19)21-5-3-4-20(12-21)25(34)10-18-13-30-33(16-18)22-8-9-28-15-22/h1-7,12-14,16-17,22,28H,8-11,15H2,(H,31,35). The summed E-state index contributed by atoms with van der Waals surface area (Å²) in [4.78, 5) is 25.4.